The van der Waals surface area contributed by atoms with Crippen LogP contribution in [0, 0.1) is 0 Å². The van der Waals surface area contributed by atoms with Gasteiger partial charge in [0.25, 0.3) is 5.91 Å². The number of hydrogen-bond acceptors (Lipinski definition) is 4. The molecular weight excluding hydrogens is 421 g/mol. The number of amides is 1. The minimum atomic E-state index is -4.74. The first-order valence-electron chi connectivity index (χ1n) is 9.98. The fraction of sp³-hybridized carbons (Fsp3) is 0.208. The standard InChI is InChI=1S/C24H19F3N2O3/c25-24(26,27)20(19-13-18-3-1-2-4-21(18)28-15-19)14-22(30)16-5-7-17(8-6-16)23(31)29-9-11-32-12-10-29/h1-8,13-15H,9-12H2/b20-14+. The number of alkyl halides is 3. The minimum absolute atomic E-state index is 0.0547. The third-order valence-electron chi connectivity index (χ3n) is 5.20. The Bertz CT molecular complexity index is 1180. The predicted octanol–water partition coefficient (Wildman–Crippen LogP) is 4.54. The molecule has 0 radical (unpaired) electrons. The topological polar surface area (TPSA) is 59.5 Å². The molecule has 3 aromatic rings. The van der Waals surface area contributed by atoms with Gasteiger partial charge < -0.3 is 9.64 Å². The molecule has 0 spiro atoms. The first kappa shape index (κ1) is 21.7. The predicted molar refractivity (Wildman–Crippen MR) is 113 cm³/mol. The molecule has 32 heavy (non-hydrogen) atoms. The average Bonchev–Trinajstić information content (AvgIpc) is 2.81. The van der Waals surface area contributed by atoms with Crippen molar-refractivity contribution in [1.82, 2.24) is 9.88 Å². The van der Waals surface area contributed by atoms with Crippen LogP contribution in [0.3, 0.4) is 0 Å². The summed E-state index contributed by atoms with van der Waals surface area (Å²) in [7, 11) is 0. The second-order valence-corrected chi connectivity index (χ2v) is 7.32. The lowest BCUT2D eigenvalue weighted by molar-refractivity contribution is -0.0690. The smallest absolute Gasteiger partial charge is 0.378 e. The third kappa shape index (κ3) is 4.70. The van der Waals surface area contributed by atoms with E-state index in [0.717, 1.165) is 6.20 Å². The average molecular weight is 440 g/mol. The molecule has 2 heterocycles. The molecule has 1 fully saturated rings. The summed E-state index contributed by atoms with van der Waals surface area (Å²) in [4.78, 5) is 30.8. The summed E-state index contributed by atoms with van der Waals surface area (Å²) in [5.41, 5.74) is -0.288. The highest BCUT2D eigenvalue weighted by Gasteiger charge is 2.35. The molecule has 8 heteroatoms. The Hall–Kier alpha value is -3.52. The number of allylic oxidation sites excluding steroid dienone is 2. The Morgan fingerprint density at radius 2 is 1.59 bits per heavy atom. The van der Waals surface area contributed by atoms with Gasteiger partial charge in [0.1, 0.15) is 0 Å². The van der Waals surface area contributed by atoms with Gasteiger partial charge in [-0.2, -0.15) is 13.2 Å². The molecule has 1 aliphatic heterocycles. The molecule has 1 aliphatic rings. The summed E-state index contributed by atoms with van der Waals surface area (Å²) in [6, 6.07) is 13.8. The van der Waals surface area contributed by atoms with E-state index in [4.69, 9.17) is 4.74 Å². The molecule has 1 aromatic heterocycles. The van der Waals surface area contributed by atoms with Gasteiger partial charge in [0.15, 0.2) is 5.78 Å². The molecule has 1 saturated heterocycles. The zero-order chi connectivity index (χ0) is 22.7. The number of para-hydroxylation sites is 1. The van der Waals surface area contributed by atoms with Crippen LogP contribution in [-0.2, 0) is 4.74 Å². The van der Waals surface area contributed by atoms with Crippen molar-refractivity contribution in [2.75, 3.05) is 26.3 Å². The van der Waals surface area contributed by atoms with Crippen molar-refractivity contribution in [2.24, 2.45) is 0 Å². The number of rotatable bonds is 4. The van der Waals surface area contributed by atoms with E-state index in [0.29, 0.717) is 48.8 Å². The van der Waals surface area contributed by atoms with E-state index in [1.54, 1.807) is 29.2 Å². The fourth-order valence-electron chi connectivity index (χ4n) is 3.49. The second-order valence-electron chi connectivity index (χ2n) is 7.32. The lowest BCUT2D eigenvalue weighted by atomic mass is 10.0. The highest BCUT2D eigenvalue weighted by molar-refractivity contribution is 6.09. The lowest BCUT2D eigenvalue weighted by Gasteiger charge is -2.26. The van der Waals surface area contributed by atoms with E-state index >= 15 is 0 Å². The van der Waals surface area contributed by atoms with E-state index in [1.165, 1.54) is 30.3 Å². The van der Waals surface area contributed by atoms with Crippen molar-refractivity contribution in [3.05, 3.63) is 83.6 Å². The number of nitrogens with zero attached hydrogens (tertiary/aromatic N) is 2. The van der Waals surface area contributed by atoms with E-state index < -0.39 is 17.5 Å². The number of halogens is 3. The Labute approximate surface area is 182 Å². The van der Waals surface area contributed by atoms with E-state index in [1.807, 2.05) is 0 Å². The van der Waals surface area contributed by atoms with Crippen LogP contribution in [0.25, 0.3) is 16.5 Å². The van der Waals surface area contributed by atoms with Crippen molar-refractivity contribution in [1.29, 1.82) is 0 Å². The number of benzene rings is 2. The molecule has 2 aromatic carbocycles. The fourth-order valence-corrected chi connectivity index (χ4v) is 3.49. The van der Waals surface area contributed by atoms with Crippen molar-refractivity contribution in [3.63, 3.8) is 0 Å². The zero-order valence-corrected chi connectivity index (χ0v) is 16.9. The van der Waals surface area contributed by atoms with Gasteiger partial charge in [0.05, 0.1) is 24.3 Å². The number of pyridine rings is 1. The van der Waals surface area contributed by atoms with Crippen molar-refractivity contribution in [2.45, 2.75) is 6.18 Å². The maximum atomic E-state index is 13.7. The molecule has 0 N–H and O–H groups in total. The van der Waals surface area contributed by atoms with E-state index in [9.17, 15) is 22.8 Å². The summed E-state index contributed by atoms with van der Waals surface area (Å²) < 4.78 is 46.5. The Morgan fingerprint density at radius 1 is 0.938 bits per heavy atom. The maximum absolute atomic E-state index is 13.7. The molecule has 0 bridgehead atoms. The highest BCUT2D eigenvalue weighted by Crippen LogP contribution is 2.35. The first-order chi connectivity index (χ1) is 15.3. The minimum Gasteiger partial charge on any atom is -0.378 e. The molecule has 5 nitrogen and oxygen atoms in total. The maximum Gasteiger partial charge on any atom is 0.417 e. The quantitative estimate of drug-likeness (QED) is 0.442. The number of ketones is 1. The molecule has 4 rings (SSSR count). The largest absolute Gasteiger partial charge is 0.417 e. The lowest BCUT2D eigenvalue weighted by Crippen LogP contribution is -2.40. The Balaban J connectivity index is 1.60. The van der Waals surface area contributed by atoms with Gasteiger partial charge in [0, 0.05) is 41.4 Å². The number of carbonyl (C=O) groups excluding carboxylic acids is 2. The molecule has 0 unspecified atom stereocenters. The summed E-state index contributed by atoms with van der Waals surface area (Å²) in [6.07, 6.45) is -3.06. The molecule has 0 saturated carbocycles. The summed E-state index contributed by atoms with van der Waals surface area (Å²) in [6.45, 7) is 1.85. The van der Waals surface area contributed by atoms with Crippen molar-refractivity contribution >= 4 is 28.2 Å². The molecule has 164 valence electrons. The van der Waals surface area contributed by atoms with Crippen molar-refractivity contribution < 1.29 is 27.5 Å². The normalized spacial score (nSPS) is 15.1. The van der Waals surface area contributed by atoms with Gasteiger partial charge in [-0.05, 0) is 30.3 Å². The van der Waals surface area contributed by atoms with Gasteiger partial charge in [-0.15, -0.1) is 0 Å². The van der Waals surface area contributed by atoms with Crippen LogP contribution < -0.4 is 0 Å². The SMILES string of the molecule is O=C(/C=C(\c1cnc2ccccc2c1)C(F)(F)F)c1ccc(C(=O)N2CCOCC2)cc1. The van der Waals surface area contributed by atoms with Crippen LogP contribution in [-0.4, -0.2) is 54.1 Å². The van der Waals surface area contributed by atoms with Gasteiger partial charge >= 0.3 is 6.18 Å². The van der Waals surface area contributed by atoms with Crippen molar-refractivity contribution in [3.8, 4) is 0 Å². The summed E-state index contributed by atoms with van der Waals surface area (Å²) in [5, 5.41) is 0.540. The number of hydrogen-bond donors (Lipinski definition) is 0. The number of carbonyl (C=O) groups is 2. The van der Waals surface area contributed by atoms with Gasteiger partial charge in [-0.25, -0.2) is 0 Å². The Kier molecular flexibility index (Phi) is 6.05. The molecular formula is C24H19F3N2O3. The monoisotopic (exact) mass is 440 g/mol. The van der Waals surface area contributed by atoms with Crippen LogP contribution in [0.1, 0.15) is 26.3 Å². The number of ether oxygens (including phenoxy) is 1. The summed E-state index contributed by atoms with van der Waals surface area (Å²) >= 11 is 0. The van der Waals surface area contributed by atoms with Crippen LogP contribution in [0.5, 0.6) is 0 Å². The van der Waals surface area contributed by atoms with Crippen LogP contribution in [0.4, 0.5) is 13.2 Å². The van der Waals surface area contributed by atoms with E-state index in [-0.39, 0.29) is 17.0 Å². The molecule has 0 aliphatic carbocycles. The number of aromatic nitrogens is 1. The number of morpholine rings is 1. The summed E-state index contributed by atoms with van der Waals surface area (Å²) in [5.74, 6) is -1.02. The van der Waals surface area contributed by atoms with E-state index in [2.05, 4.69) is 4.98 Å². The Morgan fingerprint density at radius 3 is 2.28 bits per heavy atom. The van der Waals surface area contributed by atoms with Gasteiger partial charge in [-0.3, -0.25) is 14.6 Å². The molecule has 1 amide bonds. The van der Waals surface area contributed by atoms with Crippen LogP contribution in [0.2, 0.25) is 0 Å². The third-order valence-corrected chi connectivity index (χ3v) is 5.20. The van der Waals surface area contributed by atoms with Gasteiger partial charge in [-0.1, -0.05) is 30.3 Å². The second kappa shape index (κ2) is 8.92. The first-order valence-corrected chi connectivity index (χ1v) is 9.98. The number of fused-ring (bicyclic) bond motifs is 1. The van der Waals surface area contributed by atoms with Gasteiger partial charge in [0.2, 0.25) is 0 Å². The van der Waals surface area contributed by atoms with Crippen LogP contribution in [0.15, 0.2) is 66.9 Å². The molecule has 0 atom stereocenters. The highest BCUT2D eigenvalue weighted by atomic mass is 19.4. The van der Waals surface area contributed by atoms with Crippen LogP contribution >= 0.6 is 0 Å². The zero-order valence-electron chi connectivity index (χ0n) is 16.9.